The molecule has 2 N–H and O–H groups in total. The third kappa shape index (κ3) is 3.99. The third-order valence-corrected chi connectivity index (χ3v) is 4.58. The number of primary amides is 1. The highest BCUT2D eigenvalue weighted by atomic mass is 35.5. The van der Waals surface area contributed by atoms with Crippen molar-refractivity contribution in [1.29, 1.82) is 0 Å². The minimum atomic E-state index is -0.628. The lowest BCUT2D eigenvalue weighted by molar-refractivity contribution is -0.140. The molecule has 0 aliphatic carbocycles. The fourth-order valence-corrected chi connectivity index (χ4v) is 3.35. The van der Waals surface area contributed by atoms with Gasteiger partial charge in [-0.2, -0.15) is 0 Å². The number of rotatable bonds is 4. The summed E-state index contributed by atoms with van der Waals surface area (Å²) < 4.78 is 5.65. The van der Waals surface area contributed by atoms with Gasteiger partial charge in [-0.25, -0.2) is 4.98 Å². The molecule has 1 saturated heterocycles. The maximum Gasteiger partial charge on any atom is 0.267 e. The van der Waals surface area contributed by atoms with Crippen LogP contribution in [0.4, 0.5) is 0 Å². The number of halogens is 1. The number of hydrogen-bond acceptors (Lipinski definition) is 5. The lowest BCUT2D eigenvalue weighted by Gasteiger charge is -2.40. The number of amides is 2. The van der Waals surface area contributed by atoms with E-state index in [1.807, 2.05) is 13.0 Å². The molecular weight excluding hydrogens is 368 g/mol. The van der Waals surface area contributed by atoms with Crippen molar-refractivity contribution in [3.8, 4) is 11.3 Å². The molecule has 1 aliphatic rings. The van der Waals surface area contributed by atoms with Crippen LogP contribution in [0.1, 0.15) is 29.0 Å². The third-order valence-electron chi connectivity index (χ3n) is 4.38. The van der Waals surface area contributed by atoms with Crippen molar-refractivity contribution in [2.75, 3.05) is 13.2 Å². The molecule has 0 spiro atoms. The van der Waals surface area contributed by atoms with Crippen LogP contribution in [-0.2, 0) is 9.53 Å². The van der Waals surface area contributed by atoms with Crippen LogP contribution in [0.3, 0.4) is 0 Å². The van der Waals surface area contributed by atoms with Gasteiger partial charge in [0.25, 0.3) is 5.91 Å². The van der Waals surface area contributed by atoms with Gasteiger partial charge in [0.1, 0.15) is 10.8 Å². The van der Waals surface area contributed by atoms with Crippen LogP contribution in [0.15, 0.2) is 43.1 Å². The quantitative estimate of drug-likeness (QED) is 0.642. The Bertz CT molecular complexity index is 902. The van der Waals surface area contributed by atoms with Crippen molar-refractivity contribution >= 4 is 23.4 Å². The Kier molecular flexibility index (Phi) is 5.53. The number of aromatic nitrogens is 2. The maximum atomic E-state index is 12.4. The Balaban J connectivity index is 2.04. The molecule has 27 heavy (non-hydrogen) atoms. The summed E-state index contributed by atoms with van der Waals surface area (Å²) in [6.45, 7) is 6.29. The summed E-state index contributed by atoms with van der Waals surface area (Å²) in [6.07, 6.45) is 2.78. The molecule has 140 valence electrons. The van der Waals surface area contributed by atoms with Gasteiger partial charge in [-0.15, -0.1) is 0 Å². The number of hydrogen-bond donors (Lipinski definition) is 1. The lowest BCUT2D eigenvalue weighted by atomic mass is 10.0. The molecule has 2 aromatic rings. The van der Waals surface area contributed by atoms with Gasteiger partial charge in [-0.05, 0) is 42.8 Å². The molecule has 3 rings (SSSR count). The number of ether oxygens (including phenoxy) is 1. The minimum Gasteiger partial charge on any atom is -0.377 e. The van der Waals surface area contributed by atoms with Crippen LogP contribution in [0, 0.1) is 0 Å². The molecule has 8 heteroatoms. The smallest absolute Gasteiger partial charge is 0.267 e. The van der Waals surface area contributed by atoms with Crippen molar-refractivity contribution in [3.05, 3.63) is 59.5 Å². The summed E-state index contributed by atoms with van der Waals surface area (Å²) in [4.78, 5) is 33.8. The molecule has 0 bridgehead atoms. The Morgan fingerprint density at radius 2 is 2.15 bits per heavy atom. The second-order valence-corrected chi connectivity index (χ2v) is 6.64. The number of nitrogens with zero attached hydrogens (tertiary/aromatic N) is 3. The highest BCUT2D eigenvalue weighted by Crippen LogP contribution is 2.31. The minimum absolute atomic E-state index is 0.105. The summed E-state index contributed by atoms with van der Waals surface area (Å²) in [6, 6.07) is 6.36. The molecule has 2 amide bonds. The van der Waals surface area contributed by atoms with Gasteiger partial charge >= 0.3 is 0 Å². The first-order valence-electron chi connectivity index (χ1n) is 8.37. The summed E-state index contributed by atoms with van der Waals surface area (Å²) in [7, 11) is 0. The van der Waals surface area contributed by atoms with E-state index in [1.165, 1.54) is 12.3 Å². The number of pyridine rings is 2. The first kappa shape index (κ1) is 19.0. The molecule has 0 saturated carbocycles. The van der Waals surface area contributed by atoms with Crippen LogP contribution in [-0.4, -0.2) is 45.9 Å². The van der Waals surface area contributed by atoms with E-state index in [2.05, 4.69) is 16.5 Å². The molecule has 0 aromatic carbocycles. The average molecular weight is 387 g/mol. The molecule has 0 radical (unpaired) electrons. The van der Waals surface area contributed by atoms with Crippen LogP contribution < -0.4 is 5.73 Å². The zero-order chi connectivity index (χ0) is 19.6. The van der Waals surface area contributed by atoms with Crippen LogP contribution in [0.25, 0.3) is 11.3 Å². The number of morpholine rings is 1. The largest absolute Gasteiger partial charge is 0.377 e. The first-order valence-corrected chi connectivity index (χ1v) is 8.74. The average Bonchev–Trinajstić information content (AvgIpc) is 2.66. The van der Waals surface area contributed by atoms with Gasteiger partial charge in [0.05, 0.1) is 31.0 Å². The van der Waals surface area contributed by atoms with E-state index in [-0.39, 0.29) is 28.8 Å². The Morgan fingerprint density at radius 1 is 1.37 bits per heavy atom. The van der Waals surface area contributed by atoms with Crippen molar-refractivity contribution in [3.63, 3.8) is 0 Å². The normalized spacial score (nSPS) is 19.6. The SMILES string of the molecule is C=CC(=O)N1[C@H](C)COC[C@H]1c1cc(Cl)nc(-c2ccnc(C(N)=O)c2)c1. The van der Waals surface area contributed by atoms with Crippen LogP contribution >= 0.6 is 11.6 Å². The highest BCUT2D eigenvalue weighted by molar-refractivity contribution is 6.29. The van der Waals surface area contributed by atoms with E-state index >= 15 is 0 Å². The van der Waals surface area contributed by atoms with Crippen LogP contribution in [0.5, 0.6) is 0 Å². The Labute approximate surface area is 161 Å². The van der Waals surface area contributed by atoms with E-state index in [1.54, 1.807) is 23.1 Å². The van der Waals surface area contributed by atoms with E-state index in [4.69, 9.17) is 22.1 Å². The monoisotopic (exact) mass is 386 g/mol. The zero-order valence-corrected chi connectivity index (χ0v) is 15.5. The van der Waals surface area contributed by atoms with E-state index in [9.17, 15) is 9.59 Å². The van der Waals surface area contributed by atoms with Gasteiger partial charge in [0.2, 0.25) is 5.91 Å². The standard InChI is InChI=1S/C19H19ClN4O3/c1-3-18(25)24-11(2)9-27-10-16(24)13-7-14(23-17(20)8-13)12-4-5-22-15(6-12)19(21)26/h3-8,11,16H,1,9-10H2,2H3,(H2,21,26)/t11-,16+/m1/s1. The first-order chi connectivity index (χ1) is 12.9. The van der Waals surface area contributed by atoms with Crippen molar-refractivity contribution in [2.24, 2.45) is 5.73 Å². The molecular formula is C19H19ClN4O3. The summed E-state index contributed by atoms with van der Waals surface area (Å²) in [5.74, 6) is -0.804. The molecule has 1 aliphatic heterocycles. The molecule has 3 heterocycles. The summed E-state index contributed by atoms with van der Waals surface area (Å²) >= 11 is 6.24. The molecule has 0 unspecified atom stereocenters. The lowest BCUT2D eigenvalue weighted by Crippen LogP contribution is -2.48. The summed E-state index contributed by atoms with van der Waals surface area (Å²) in [5.41, 5.74) is 7.41. The van der Waals surface area contributed by atoms with Crippen molar-refractivity contribution < 1.29 is 14.3 Å². The second-order valence-electron chi connectivity index (χ2n) is 6.25. The fourth-order valence-electron chi connectivity index (χ4n) is 3.13. The number of nitrogens with two attached hydrogens (primary N) is 1. The van der Waals surface area contributed by atoms with Gasteiger partial charge in [0, 0.05) is 11.8 Å². The molecule has 2 atom stereocenters. The second kappa shape index (κ2) is 7.85. The number of carbonyl (C=O) groups excluding carboxylic acids is 2. The predicted molar refractivity (Wildman–Crippen MR) is 101 cm³/mol. The maximum absolute atomic E-state index is 12.4. The van der Waals surface area contributed by atoms with Crippen molar-refractivity contribution in [2.45, 2.75) is 19.0 Å². The fraction of sp³-hybridized carbons (Fsp3) is 0.263. The number of carbonyl (C=O) groups is 2. The van der Waals surface area contributed by atoms with Gasteiger partial charge in [0.15, 0.2) is 0 Å². The van der Waals surface area contributed by atoms with Gasteiger partial charge in [-0.3, -0.25) is 14.6 Å². The van der Waals surface area contributed by atoms with Gasteiger partial charge in [-0.1, -0.05) is 18.2 Å². The van der Waals surface area contributed by atoms with E-state index in [0.29, 0.717) is 24.5 Å². The van der Waals surface area contributed by atoms with E-state index < -0.39 is 5.91 Å². The zero-order valence-electron chi connectivity index (χ0n) is 14.8. The highest BCUT2D eigenvalue weighted by Gasteiger charge is 2.32. The molecule has 1 fully saturated rings. The molecule has 2 aromatic heterocycles. The summed E-state index contributed by atoms with van der Waals surface area (Å²) in [5, 5.41) is 0.268. The van der Waals surface area contributed by atoms with Crippen molar-refractivity contribution in [1.82, 2.24) is 14.9 Å². The predicted octanol–water partition coefficient (Wildman–Crippen LogP) is 2.37. The topological polar surface area (TPSA) is 98.4 Å². The Hall–Kier alpha value is -2.77. The Morgan fingerprint density at radius 3 is 2.85 bits per heavy atom. The van der Waals surface area contributed by atoms with E-state index in [0.717, 1.165) is 5.56 Å². The molecule has 7 nitrogen and oxygen atoms in total. The van der Waals surface area contributed by atoms with Gasteiger partial charge < -0.3 is 15.4 Å². The van der Waals surface area contributed by atoms with Crippen LogP contribution in [0.2, 0.25) is 5.15 Å².